The van der Waals surface area contributed by atoms with Crippen LogP contribution in [0.15, 0.2) is 29.0 Å². The molecule has 2 fully saturated rings. The SMILES string of the molecule is [B]C(=CN)c1nc(NCC2=CN=CCC2)cc(C2CCN(C3CCC3)CC2)n1. The molecule has 0 spiro atoms. The highest BCUT2D eigenvalue weighted by molar-refractivity contribution is 6.41. The minimum Gasteiger partial charge on any atom is -0.405 e. The van der Waals surface area contributed by atoms with Gasteiger partial charge in [-0.3, -0.25) is 4.99 Å². The zero-order valence-corrected chi connectivity index (χ0v) is 16.5. The summed E-state index contributed by atoms with van der Waals surface area (Å²) in [5, 5.41) is 3.43. The Morgan fingerprint density at radius 3 is 2.71 bits per heavy atom. The lowest BCUT2D eigenvalue weighted by Gasteiger charge is -2.41. The topological polar surface area (TPSA) is 79.4 Å². The Hall–Kier alpha value is -2.15. The first-order chi connectivity index (χ1) is 13.7. The van der Waals surface area contributed by atoms with Crippen molar-refractivity contribution in [3.63, 3.8) is 0 Å². The second kappa shape index (κ2) is 8.90. The van der Waals surface area contributed by atoms with Crippen molar-refractivity contribution in [1.82, 2.24) is 14.9 Å². The molecule has 0 atom stereocenters. The minimum absolute atomic E-state index is 0.415. The third-order valence-electron chi connectivity index (χ3n) is 6.18. The lowest BCUT2D eigenvalue weighted by atomic mass is 9.86. The van der Waals surface area contributed by atoms with Crippen molar-refractivity contribution in [1.29, 1.82) is 0 Å². The van der Waals surface area contributed by atoms with Crippen LogP contribution in [0.1, 0.15) is 62.4 Å². The number of likely N-dealkylation sites (tertiary alicyclic amines) is 1. The van der Waals surface area contributed by atoms with E-state index in [1.807, 2.05) is 12.4 Å². The van der Waals surface area contributed by atoms with Gasteiger partial charge in [0.15, 0.2) is 0 Å². The molecular weight excluding hydrogens is 347 g/mol. The van der Waals surface area contributed by atoms with E-state index in [1.165, 1.54) is 31.0 Å². The van der Waals surface area contributed by atoms with E-state index in [9.17, 15) is 0 Å². The highest BCUT2D eigenvalue weighted by atomic mass is 15.2. The molecule has 28 heavy (non-hydrogen) atoms. The molecule has 0 unspecified atom stereocenters. The lowest BCUT2D eigenvalue weighted by molar-refractivity contribution is 0.0970. The molecule has 1 aromatic heterocycles. The molecule has 6 nitrogen and oxygen atoms in total. The molecule has 1 saturated carbocycles. The van der Waals surface area contributed by atoms with E-state index in [1.54, 1.807) is 0 Å². The average Bonchev–Trinajstić information content (AvgIpc) is 2.71. The summed E-state index contributed by atoms with van der Waals surface area (Å²) in [6.45, 7) is 3.05. The van der Waals surface area contributed by atoms with Gasteiger partial charge in [-0.2, -0.15) is 0 Å². The van der Waals surface area contributed by atoms with Crippen LogP contribution in [0.3, 0.4) is 0 Å². The maximum Gasteiger partial charge on any atom is 0.148 e. The van der Waals surface area contributed by atoms with Crippen LogP contribution < -0.4 is 11.1 Å². The van der Waals surface area contributed by atoms with Crippen molar-refractivity contribution in [3.8, 4) is 0 Å². The Labute approximate surface area is 168 Å². The van der Waals surface area contributed by atoms with Crippen LogP contribution in [-0.2, 0) is 0 Å². The summed E-state index contributed by atoms with van der Waals surface area (Å²) < 4.78 is 0. The van der Waals surface area contributed by atoms with E-state index < -0.39 is 0 Å². The highest BCUT2D eigenvalue weighted by Gasteiger charge is 2.30. The number of piperidine rings is 1. The number of rotatable bonds is 6. The summed E-state index contributed by atoms with van der Waals surface area (Å²) in [7, 11) is 6.03. The van der Waals surface area contributed by atoms with E-state index >= 15 is 0 Å². The van der Waals surface area contributed by atoms with Crippen molar-refractivity contribution >= 4 is 25.4 Å². The molecule has 146 valence electrons. The van der Waals surface area contributed by atoms with Crippen LogP contribution in [0.4, 0.5) is 5.82 Å². The van der Waals surface area contributed by atoms with Gasteiger partial charge in [0.1, 0.15) is 19.5 Å². The summed E-state index contributed by atoms with van der Waals surface area (Å²) in [5.74, 6) is 1.77. The Balaban J connectivity index is 1.47. The normalized spacial score (nSPS) is 22.0. The molecule has 2 aliphatic heterocycles. The molecule has 2 radical (unpaired) electrons. The maximum absolute atomic E-state index is 6.03. The molecule has 1 saturated heterocycles. The lowest BCUT2D eigenvalue weighted by Crippen LogP contribution is -2.44. The van der Waals surface area contributed by atoms with Crippen LogP contribution >= 0.6 is 0 Å². The zero-order chi connectivity index (χ0) is 19.3. The molecular formula is C21H29BN6. The number of nitrogens with one attached hydrogen (secondary N) is 1. The van der Waals surface area contributed by atoms with Crippen molar-refractivity contribution in [2.75, 3.05) is 25.0 Å². The van der Waals surface area contributed by atoms with Gasteiger partial charge >= 0.3 is 0 Å². The fraction of sp³-hybridized carbons (Fsp3) is 0.571. The van der Waals surface area contributed by atoms with Gasteiger partial charge in [-0.25, -0.2) is 9.97 Å². The number of hydrogen-bond donors (Lipinski definition) is 2. The first-order valence-electron chi connectivity index (χ1n) is 10.5. The first-order valence-corrected chi connectivity index (χ1v) is 10.5. The van der Waals surface area contributed by atoms with E-state index in [4.69, 9.17) is 18.6 Å². The maximum atomic E-state index is 6.03. The molecule has 0 amide bonds. The van der Waals surface area contributed by atoms with Crippen LogP contribution in [-0.4, -0.2) is 54.6 Å². The molecule has 3 N–H and O–H groups in total. The van der Waals surface area contributed by atoms with Crippen molar-refractivity contribution in [2.45, 2.75) is 56.9 Å². The van der Waals surface area contributed by atoms with E-state index in [-0.39, 0.29) is 0 Å². The minimum atomic E-state index is 0.415. The van der Waals surface area contributed by atoms with E-state index in [0.717, 1.165) is 62.9 Å². The second-order valence-electron chi connectivity index (χ2n) is 8.03. The molecule has 1 aliphatic carbocycles. The summed E-state index contributed by atoms with van der Waals surface area (Å²) in [5.41, 5.74) is 8.39. The van der Waals surface area contributed by atoms with Gasteiger partial charge in [0.25, 0.3) is 0 Å². The summed E-state index contributed by atoms with van der Waals surface area (Å²) in [4.78, 5) is 16.2. The zero-order valence-electron chi connectivity index (χ0n) is 16.5. The van der Waals surface area contributed by atoms with Crippen molar-refractivity contribution in [2.24, 2.45) is 10.7 Å². The Kier molecular flexibility index (Phi) is 6.10. The Morgan fingerprint density at radius 2 is 2.07 bits per heavy atom. The molecule has 3 aliphatic rings. The van der Waals surface area contributed by atoms with Gasteiger partial charge in [-0.15, -0.1) is 0 Å². The third-order valence-corrected chi connectivity index (χ3v) is 6.18. The van der Waals surface area contributed by atoms with Gasteiger partial charge in [-0.1, -0.05) is 6.42 Å². The fourth-order valence-electron chi connectivity index (χ4n) is 4.17. The molecule has 4 rings (SSSR count). The van der Waals surface area contributed by atoms with Crippen LogP contribution in [0.5, 0.6) is 0 Å². The number of nitrogens with two attached hydrogens (primary N) is 1. The monoisotopic (exact) mass is 376 g/mol. The average molecular weight is 376 g/mol. The second-order valence-corrected chi connectivity index (χ2v) is 8.03. The first kappa shape index (κ1) is 19.2. The predicted molar refractivity (Wildman–Crippen MR) is 115 cm³/mol. The molecule has 0 bridgehead atoms. The highest BCUT2D eigenvalue weighted by Crippen LogP contribution is 2.33. The summed E-state index contributed by atoms with van der Waals surface area (Å²) >= 11 is 0. The molecule has 7 heteroatoms. The standard InChI is InChI=1S/C21H29BN6/c22-18(12-23)21-26-19(16-6-9-28(10-7-16)17-4-1-5-17)11-20(27-21)25-14-15-3-2-8-24-13-15/h8,11-13,16-17H,1-7,9-10,14,23H2,(H,25,26,27). The molecule has 0 aromatic carbocycles. The van der Waals surface area contributed by atoms with Crippen molar-refractivity contribution < 1.29 is 0 Å². The number of aliphatic imine (C=N–C) groups is 1. The largest absolute Gasteiger partial charge is 0.405 e. The quantitative estimate of drug-likeness (QED) is 0.747. The van der Waals surface area contributed by atoms with Gasteiger partial charge in [0.2, 0.25) is 0 Å². The predicted octanol–water partition coefficient (Wildman–Crippen LogP) is 2.79. The summed E-state index contributed by atoms with van der Waals surface area (Å²) in [6, 6.07) is 2.91. The number of anilines is 1. The van der Waals surface area contributed by atoms with Crippen molar-refractivity contribution in [3.05, 3.63) is 35.6 Å². The van der Waals surface area contributed by atoms with E-state index in [0.29, 0.717) is 17.2 Å². The molecule has 1 aromatic rings. The number of hydrogen-bond acceptors (Lipinski definition) is 6. The Morgan fingerprint density at radius 1 is 1.25 bits per heavy atom. The number of nitrogens with zero attached hydrogens (tertiary/aromatic N) is 4. The Bertz CT molecular complexity index is 775. The van der Waals surface area contributed by atoms with Gasteiger partial charge < -0.3 is 16.0 Å². The van der Waals surface area contributed by atoms with Gasteiger partial charge in [0, 0.05) is 42.7 Å². The van der Waals surface area contributed by atoms with Crippen LogP contribution in [0.2, 0.25) is 0 Å². The smallest absolute Gasteiger partial charge is 0.148 e. The van der Waals surface area contributed by atoms with E-state index in [2.05, 4.69) is 26.3 Å². The van der Waals surface area contributed by atoms with Gasteiger partial charge in [-0.05, 0) is 68.9 Å². The van der Waals surface area contributed by atoms with Gasteiger partial charge in [0.05, 0.1) is 0 Å². The summed E-state index contributed by atoms with van der Waals surface area (Å²) in [6.07, 6.45) is 13.7. The molecule has 3 heterocycles. The number of aromatic nitrogens is 2. The third kappa shape index (κ3) is 4.46. The fourth-order valence-corrected chi connectivity index (χ4v) is 4.17. The van der Waals surface area contributed by atoms with Crippen LogP contribution in [0, 0.1) is 0 Å². The van der Waals surface area contributed by atoms with Crippen LogP contribution in [0.25, 0.3) is 5.47 Å².